The summed E-state index contributed by atoms with van der Waals surface area (Å²) in [5.41, 5.74) is 13.5. The Balaban J connectivity index is 1.66. The van der Waals surface area contributed by atoms with Crippen LogP contribution < -0.4 is 22.1 Å². The first-order valence-electron chi connectivity index (χ1n) is 9.57. The molecule has 0 radical (unpaired) electrons. The van der Waals surface area contributed by atoms with Gasteiger partial charge in [0.25, 0.3) is 5.91 Å². The van der Waals surface area contributed by atoms with Crippen molar-refractivity contribution < 1.29 is 13.6 Å². The summed E-state index contributed by atoms with van der Waals surface area (Å²) in [6, 6.07) is 6.21. The Labute approximate surface area is 166 Å². The van der Waals surface area contributed by atoms with E-state index in [1.54, 1.807) is 25.1 Å². The molecule has 0 spiro atoms. The fourth-order valence-electron chi connectivity index (χ4n) is 3.64. The van der Waals surface area contributed by atoms with Crippen LogP contribution in [0.25, 0.3) is 11.1 Å². The Morgan fingerprint density at radius 1 is 1.21 bits per heavy atom. The van der Waals surface area contributed by atoms with Crippen molar-refractivity contribution in [1.82, 2.24) is 9.97 Å². The number of carbonyl (C=O) groups excluding carboxylic acids is 1. The first-order chi connectivity index (χ1) is 13.9. The maximum Gasteiger partial charge on any atom is 0.252 e. The van der Waals surface area contributed by atoms with E-state index in [1.165, 1.54) is 0 Å². The number of nitrogens with two attached hydrogens (primary N) is 2. The number of amides is 1. The van der Waals surface area contributed by atoms with Crippen molar-refractivity contribution in [1.29, 1.82) is 0 Å². The fourth-order valence-corrected chi connectivity index (χ4v) is 3.64. The number of nitrogens with one attached hydrogen (secondary N) is 2. The van der Waals surface area contributed by atoms with Gasteiger partial charge in [0.2, 0.25) is 0 Å². The Morgan fingerprint density at radius 3 is 2.76 bits per heavy atom. The molecular weight excluding hydrogens is 375 g/mol. The minimum absolute atomic E-state index is 0.0400. The number of benzene rings is 1. The summed E-state index contributed by atoms with van der Waals surface area (Å²) in [6.07, 6.45) is 3.80. The smallest absolute Gasteiger partial charge is 0.252 e. The van der Waals surface area contributed by atoms with Crippen molar-refractivity contribution in [2.75, 3.05) is 10.6 Å². The second kappa shape index (κ2) is 7.67. The monoisotopic (exact) mass is 398 g/mol. The zero-order valence-electron chi connectivity index (χ0n) is 16.0. The average molecular weight is 398 g/mol. The molecule has 1 aliphatic rings. The number of aromatic nitrogens is 2. The van der Waals surface area contributed by atoms with Crippen LogP contribution >= 0.6 is 0 Å². The van der Waals surface area contributed by atoms with Gasteiger partial charge in [0.1, 0.15) is 11.3 Å². The summed E-state index contributed by atoms with van der Waals surface area (Å²) in [7, 11) is 0. The molecule has 2 atom stereocenters. The standard InChI is InChI=1S/C20H23FN6O2/c1-10-24-16-8-11(6-7-17(16)29-10)25-19-12(18(23)28)9-13(21)20(27-19)26-15-5-3-2-4-14(15)22/h6-9,14-15H,2-5,22H2,1H3,(H2,23,28)(H2,25,26,27)/t14-,15+/m0/s1. The third kappa shape index (κ3) is 4.00. The van der Waals surface area contributed by atoms with Gasteiger partial charge >= 0.3 is 0 Å². The molecule has 0 bridgehead atoms. The summed E-state index contributed by atoms with van der Waals surface area (Å²) in [5.74, 6) is -0.684. The topological polar surface area (TPSA) is 132 Å². The van der Waals surface area contributed by atoms with Crippen LogP contribution in [0.2, 0.25) is 0 Å². The second-order valence-electron chi connectivity index (χ2n) is 7.32. The molecule has 9 heteroatoms. The number of halogens is 1. The van der Waals surface area contributed by atoms with Gasteiger partial charge in [0.15, 0.2) is 23.1 Å². The van der Waals surface area contributed by atoms with E-state index in [0.29, 0.717) is 22.7 Å². The molecule has 3 aromatic rings. The predicted octanol–water partition coefficient (Wildman–Crippen LogP) is 3.19. The molecule has 0 saturated heterocycles. The lowest BCUT2D eigenvalue weighted by Gasteiger charge is -2.30. The molecule has 4 rings (SSSR count). The van der Waals surface area contributed by atoms with E-state index in [9.17, 15) is 9.18 Å². The summed E-state index contributed by atoms with van der Waals surface area (Å²) in [6.45, 7) is 1.76. The molecule has 0 aliphatic heterocycles. The van der Waals surface area contributed by atoms with E-state index in [4.69, 9.17) is 15.9 Å². The van der Waals surface area contributed by atoms with Crippen LogP contribution in [0.1, 0.15) is 41.9 Å². The van der Waals surface area contributed by atoms with Crippen molar-refractivity contribution >= 4 is 34.3 Å². The molecule has 1 aromatic carbocycles. The minimum atomic E-state index is -0.779. The maximum atomic E-state index is 14.6. The number of pyridine rings is 1. The highest BCUT2D eigenvalue weighted by Crippen LogP contribution is 2.28. The minimum Gasteiger partial charge on any atom is -0.441 e. The van der Waals surface area contributed by atoms with Crippen molar-refractivity contribution in [3.05, 3.63) is 41.5 Å². The molecule has 6 N–H and O–H groups in total. The Hall–Kier alpha value is -3.20. The number of fused-ring (bicyclic) bond motifs is 1. The Morgan fingerprint density at radius 2 is 2.00 bits per heavy atom. The molecule has 2 heterocycles. The van der Waals surface area contributed by atoms with Gasteiger partial charge in [0.05, 0.1) is 5.56 Å². The van der Waals surface area contributed by atoms with Gasteiger partial charge in [-0.25, -0.2) is 14.4 Å². The van der Waals surface area contributed by atoms with E-state index in [2.05, 4.69) is 20.6 Å². The lowest BCUT2D eigenvalue weighted by Crippen LogP contribution is -2.43. The quantitative estimate of drug-likeness (QED) is 0.519. The molecular formula is C20H23FN6O2. The third-order valence-electron chi connectivity index (χ3n) is 5.14. The number of anilines is 3. The van der Waals surface area contributed by atoms with Crippen molar-refractivity contribution in [2.24, 2.45) is 11.5 Å². The highest BCUT2D eigenvalue weighted by Gasteiger charge is 2.24. The van der Waals surface area contributed by atoms with Gasteiger partial charge in [-0.2, -0.15) is 0 Å². The molecule has 1 amide bonds. The lowest BCUT2D eigenvalue weighted by molar-refractivity contribution is 0.100. The Bertz CT molecular complexity index is 1070. The number of oxazole rings is 1. The summed E-state index contributed by atoms with van der Waals surface area (Å²) >= 11 is 0. The highest BCUT2D eigenvalue weighted by atomic mass is 19.1. The van der Waals surface area contributed by atoms with Gasteiger partial charge in [-0.15, -0.1) is 0 Å². The fraction of sp³-hybridized carbons (Fsp3) is 0.350. The molecule has 1 aliphatic carbocycles. The van der Waals surface area contributed by atoms with Crippen LogP contribution in [0.4, 0.5) is 21.7 Å². The van der Waals surface area contributed by atoms with Crippen molar-refractivity contribution in [3.8, 4) is 0 Å². The lowest BCUT2D eigenvalue weighted by atomic mass is 9.91. The number of aryl methyl sites for hydroxylation is 1. The van der Waals surface area contributed by atoms with Gasteiger partial charge in [-0.1, -0.05) is 12.8 Å². The number of hydrogen-bond acceptors (Lipinski definition) is 7. The second-order valence-corrected chi connectivity index (χ2v) is 7.32. The largest absolute Gasteiger partial charge is 0.441 e. The molecule has 152 valence electrons. The van der Waals surface area contributed by atoms with Crippen LogP contribution in [0.3, 0.4) is 0 Å². The molecule has 0 unspecified atom stereocenters. The molecule has 2 aromatic heterocycles. The molecule has 1 fully saturated rings. The van der Waals surface area contributed by atoms with Crippen LogP contribution in [0.15, 0.2) is 28.7 Å². The van der Waals surface area contributed by atoms with Crippen molar-refractivity contribution in [3.63, 3.8) is 0 Å². The zero-order valence-corrected chi connectivity index (χ0v) is 16.0. The zero-order chi connectivity index (χ0) is 20.5. The number of nitrogens with zero attached hydrogens (tertiary/aromatic N) is 2. The summed E-state index contributed by atoms with van der Waals surface area (Å²) < 4.78 is 20.1. The highest BCUT2D eigenvalue weighted by molar-refractivity contribution is 5.98. The predicted molar refractivity (Wildman–Crippen MR) is 109 cm³/mol. The van der Waals surface area contributed by atoms with Gasteiger partial charge in [0, 0.05) is 24.7 Å². The van der Waals surface area contributed by atoms with E-state index in [1.807, 2.05) is 0 Å². The van der Waals surface area contributed by atoms with Crippen LogP contribution in [-0.4, -0.2) is 28.0 Å². The average Bonchev–Trinajstić information content (AvgIpc) is 3.05. The number of hydrogen-bond donors (Lipinski definition) is 4. The van der Waals surface area contributed by atoms with Crippen LogP contribution in [0, 0.1) is 12.7 Å². The SMILES string of the molecule is Cc1nc2cc(Nc3nc(N[C@@H]4CCCC[C@@H]4N)c(F)cc3C(N)=O)ccc2o1. The number of primary amides is 1. The molecule has 29 heavy (non-hydrogen) atoms. The van der Waals surface area contributed by atoms with Crippen LogP contribution in [-0.2, 0) is 0 Å². The first-order valence-corrected chi connectivity index (χ1v) is 9.57. The first kappa shape index (κ1) is 19.1. The summed E-state index contributed by atoms with van der Waals surface area (Å²) in [4.78, 5) is 20.4. The number of rotatable bonds is 5. The number of carbonyl (C=O) groups is 1. The maximum absolute atomic E-state index is 14.6. The van der Waals surface area contributed by atoms with E-state index in [-0.39, 0.29) is 29.3 Å². The Kier molecular flexibility index (Phi) is 5.06. The van der Waals surface area contributed by atoms with E-state index < -0.39 is 11.7 Å². The van der Waals surface area contributed by atoms with E-state index in [0.717, 1.165) is 31.7 Å². The van der Waals surface area contributed by atoms with Gasteiger partial charge < -0.3 is 26.5 Å². The van der Waals surface area contributed by atoms with Crippen molar-refractivity contribution in [2.45, 2.75) is 44.7 Å². The summed E-state index contributed by atoms with van der Waals surface area (Å²) in [5, 5.41) is 6.13. The van der Waals surface area contributed by atoms with Gasteiger partial charge in [-0.05, 0) is 37.1 Å². The third-order valence-corrected chi connectivity index (χ3v) is 5.14. The molecule has 8 nitrogen and oxygen atoms in total. The normalized spacial score (nSPS) is 19.3. The molecule has 1 saturated carbocycles. The van der Waals surface area contributed by atoms with E-state index >= 15 is 0 Å². The van der Waals surface area contributed by atoms with Crippen LogP contribution in [0.5, 0.6) is 0 Å². The van der Waals surface area contributed by atoms with Gasteiger partial charge in [-0.3, -0.25) is 4.79 Å².